The van der Waals surface area contributed by atoms with Crippen LogP contribution in [0.5, 0.6) is 0 Å². The Kier molecular flexibility index (Phi) is 2.80. The van der Waals surface area contributed by atoms with Crippen LogP contribution in [0.2, 0.25) is 0 Å². The lowest BCUT2D eigenvalue weighted by Gasteiger charge is -2.28. The molecule has 0 aromatic rings. The lowest BCUT2D eigenvalue weighted by atomic mass is 10.5. The van der Waals surface area contributed by atoms with Crippen molar-refractivity contribution in [2.75, 3.05) is 24.6 Å². The van der Waals surface area contributed by atoms with Gasteiger partial charge in [0.15, 0.2) is 0 Å². The minimum atomic E-state index is -0.955. The van der Waals surface area contributed by atoms with Gasteiger partial charge in [-0.15, -0.1) is 0 Å². The first-order valence-electron chi connectivity index (χ1n) is 3.49. The summed E-state index contributed by atoms with van der Waals surface area (Å²) in [5, 5.41) is 16.4. The van der Waals surface area contributed by atoms with Crippen molar-refractivity contribution in [3.63, 3.8) is 0 Å². The van der Waals surface area contributed by atoms with Gasteiger partial charge in [-0.25, -0.2) is 9.59 Å². The molecule has 69 valence electrons. The van der Waals surface area contributed by atoms with Gasteiger partial charge in [0, 0.05) is 24.6 Å². The second-order valence-corrected chi connectivity index (χ2v) is 4.59. The Morgan fingerprint density at radius 1 is 1.17 bits per heavy atom. The van der Waals surface area contributed by atoms with Crippen LogP contribution in [0, 0.1) is 0 Å². The third kappa shape index (κ3) is 2.04. The summed E-state index contributed by atoms with van der Waals surface area (Å²) in [7, 11) is -0.622. The molecule has 0 aromatic carbocycles. The van der Waals surface area contributed by atoms with Gasteiger partial charge in [-0.2, -0.15) is 0 Å². The topological polar surface area (TPSA) is 77.8 Å². The molecule has 2 N–H and O–H groups in total. The second-order valence-electron chi connectivity index (χ2n) is 2.44. The Morgan fingerprint density at radius 3 is 2.00 bits per heavy atom. The molecule has 1 heterocycles. The molecule has 0 spiro atoms. The van der Waals surface area contributed by atoms with Crippen molar-refractivity contribution in [1.82, 2.24) is 4.90 Å². The SMILES string of the molecule is O=C(O)N1CC[S](C(=O)O)CC1. The maximum absolute atomic E-state index is 10.5. The zero-order valence-corrected chi connectivity index (χ0v) is 7.21. The van der Waals surface area contributed by atoms with E-state index in [0.717, 1.165) is 0 Å². The van der Waals surface area contributed by atoms with Gasteiger partial charge in [0.25, 0.3) is 0 Å². The normalized spacial score (nSPS) is 19.2. The molecule has 1 saturated heterocycles. The van der Waals surface area contributed by atoms with Gasteiger partial charge >= 0.3 is 11.4 Å². The van der Waals surface area contributed by atoms with Gasteiger partial charge in [-0.1, -0.05) is 10.9 Å². The van der Waals surface area contributed by atoms with E-state index in [1.54, 1.807) is 0 Å². The van der Waals surface area contributed by atoms with Crippen LogP contribution in [0.15, 0.2) is 0 Å². The fourth-order valence-corrected chi connectivity index (χ4v) is 2.46. The van der Waals surface area contributed by atoms with Gasteiger partial charge in [0.1, 0.15) is 0 Å². The molecule has 5 nitrogen and oxygen atoms in total. The Bertz CT molecular complexity index is 178. The van der Waals surface area contributed by atoms with E-state index in [-0.39, 0.29) is 0 Å². The molecule has 6 heteroatoms. The Morgan fingerprint density at radius 2 is 1.67 bits per heavy atom. The molecule has 0 saturated carbocycles. The summed E-state index contributed by atoms with van der Waals surface area (Å²) in [6, 6.07) is 0. The van der Waals surface area contributed by atoms with E-state index in [0.29, 0.717) is 24.6 Å². The molecule has 0 aliphatic carbocycles. The summed E-state index contributed by atoms with van der Waals surface area (Å²) >= 11 is 0. The number of carboxylic acid groups (broad SMARTS) is 2. The number of carbonyl (C=O) groups is 2. The molecule has 1 amide bonds. The van der Waals surface area contributed by atoms with Crippen LogP contribution in [0.3, 0.4) is 0 Å². The highest BCUT2D eigenvalue weighted by atomic mass is 32.2. The quantitative estimate of drug-likeness (QED) is 0.598. The lowest BCUT2D eigenvalue weighted by Crippen LogP contribution is -2.39. The molecular formula is C6H10NO4S. The third-order valence-electron chi connectivity index (χ3n) is 1.73. The highest BCUT2D eigenvalue weighted by Gasteiger charge is 2.24. The first-order chi connectivity index (χ1) is 5.61. The van der Waals surface area contributed by atoms with E-state index in [9.17, 15) is 9.59 Å². The summed E-state index contributed by atoms with van der Waals surface area (Å²) in [5.74, 6) is 0.920. The van der Waals surface area contributed by atoms with Crippen LogP contribution in [0.25, 0.3) is 0 Å². The summed E-state index contributed by atoms with van der Waals surface area (Å²) < 4.78 is 0. The fourth-order valence-electron chi connectivity index (χ4n) is 1.02. The highest BCUT2D eigenvalue weighted by molar-refractivity contribution is 8.29. The Hall–Kier alpha value is -0.910. The molecule has 0 aromatic heterocycles. The predicted molar refractivity (Wildman–Crippen MR) is 44.9 cm³/mol. The van der Waals surface area contributed by atoms with E-state index >= 15 is 0 Å². The van der Waals surface area contributed by atoms with Gasteiger partial charge in [0.05, 0.1) is 0 Å². The van der Waals surface area contributed by atoms with Crippen molar-refractivity contribution in [2.45, 2.75) is 0 Å². The van der Waals surface area contributed by atoms with Crippen molar-refractivity contribution in [2.24, 2.45) is 0 Å². The summed E-state index contributed by atoms with van der Waals surface area (Å²) in [5.41, 5.74) is 0. The predicted octanol–water partition coefficient (Wildman–Crippen LogP) is 0.927. The molecule has 1 aliphatic heterocycles. The molecule has 1 rings (SSSR count). The monoisotopic (exact) mass is 192 g/mol. The van der Waals surface area contributed by atoms with Crippen LogP contribution in [-0.4, -0.2) is 51.1 Å². The molecule has 0 bridgehead atoms. The number of rotatable bonds is 0. The third-order valence-corrected chi connectivity index (χ3v) is 3.58. The van der Waals surface area contributed by atoms with Gasteiger partial charge in [-0.3, -0.25) is 0 Å². The zero-order chi connectivity index (χ0) is 9.14. The van der Waals surface area contributed by atoms with E-state index in [1.165, 1.54) is 4.90 Å². The van der Waals surface area contributed by atoms with Crippen LogP contribution in [0.4, 0.5) is 9.59 Å². The average Bonchev–Trinajstić information content (AvgIpc) is 2.04. The van der Waals surface area contributed by atoms with Crippen molar-refractivity contribution in [3.05, 3.63) is 0 Å². The van der Waals surface area contributed by atoms with Gasteiger partial charge in [-0.05, 0) is 0 Å². The van der Waals surface area contributed by atoms with Crippen LogP contribution >= 0.6 is 10.9 Å². The van der Waals surface area contributed by atoms with E-state index in [4.69, 9.17) is 10.2 Å². The molecule has 1 fully saturated rings. The van der Waals surface area contributed by atoms with E-state index in [1.807, 2.05) is 0 Å². The summed E-state index contributed by atoms with van der Waals surface area (Å²) in [6.45, 7) is 0.704. The Balaban J connectivity index is 2.39. The highest BCUT2D eigenvalue weighted by Crippen LogP contribution is 2.28. The van der Waals surface area contributed by atoms with Crippen molar-refractivity contribution < 1.29 is 19.8 Å². The average molecular weight is 192 g/mol. The standard InChI is InChI=1S/C6H10NO4S/c8-5(9)7-1-3-12(4-2-7)6(10)11/h1-4H2,(H,8,9)(H,10,11). The Labute approximate surface area is 72.3 Å². The number of hydrogen-bond donors (Lipinski definition) is 2. The maximum atomic E-state index is 10.5. The van der Waals surface area contributed by atoms with Crippen LogP contribution in [-0.2, 0) is 0 Å². The summed E-state index contributed by atoms with van der Waals surface area (Å²) in [4.78, 5) is 22.1. The van der Waals surface area contributed by atoms with Crippen LogP contribution < -0.4 is 0 Å². The molecular weight excluding hydrogens is 182 g/mol. The minimum absolute atomic E-state index is 0.352. The van der Waals surface area contributed by atoms with Crippen molar-refractivity contribution in [3.8, 4) is 0 Å². The van der Waals surface area contributed by atoms with E-state index in [2.05, 4.69) is 0 Å². The molecule has 1 radical (unpaired) electrons. The number of amides is 1. The van der Waals surface area contributed by atoms with Gasteiger partial charge < -0.3 is 15.1 Å². The largest absolute Gasteiger partial charge is 0.474 e. The van der Waals surface area contributed by atoms with Crippen LogP contribution in [0.1, 0.15) is 0 Å². The summed E-state index contributed by atoms with van der Waals surface area (Å²) in [6.07, 6.45) is -0.955. The molecule has 0 atom stereocenters. The first-order valence-corrected chi connectivity index (χ1v) is 5.06. The van der Waals surface area contributed by atoms with Crippen molar-refractivity contribution in [1.29, 1.82) is 0 Å². The number of nitrogens with zero attached hydrogens (tertiary/aromatic N) is 1. The minimum Gasteiger partial charge on any atom is -0.474 e. The second kappa shape index (κ2) is 3.66. The smallest absolute Gasteiger partial charge is 0.407 e. The van der Waals surface area contributed by atoms with E-state index < -0.39 is 22.3 Å². The lowest BCUT2D eigenvalue weighted by molar-refractivity contribution is 0.149. The first kappa shape index (κ1) is 9.18. The number of hydrogen-bond acceptors (Lipinski definition) is 2. The maximum Gasteiger partial charge on any atom is 0.407 e. The van der Waals surface area contributed by atoms with Crippen molar-refractivity contribution >= 4 is 22.3 Å². The zero-order valence-electron chi connectivity index (χ0n) is 6.39. The molecule has 1 aliphatic rings. The van der Waals surface area contributed by atoms with Gasteiger partial charge in [0.2, 0.25) is 0 Å². The molecule has 12 heavy (non-hydrogen) atoms. The molecule has 0 unspecified atom stereocenters. The fraction of sp³-hybridized carbons (Fsp3) is 0.667.